The average molecular weight is 310 g/mol. The zero-order valence-corrected chi connectivity index (χ0v) is 11.7. The van der Waals surface area contributed by atoms with Crippen molar-refractivity contribution < 1.29 is 8.78 Å². The molecule has 3 rings (SSSR count). The number of fused-ring (bicyclic) bond motifs is 1. The Labute approximate surface area is 123 Å². The van der Waals surface area contributed by atoms with E-state index < -0.39 is 11.6 Å². The van der Waals surface area contributed by atoms with Crippen LogP contribution in [0.2, 0.25) is 5.15 Å². The third-order valence-corrected chi connectivity index (χ3v) is 3.42. The Morgan fingerprint density at radius 3 is 2.86 bits per heavy atom. The van der Waals surface area contributed by atoms with Gasteiger partial charge in [-0.2, -0.15) is 19.6 Å². The van der Waals surface area contributed by atoms with Crippen LogP contribution in [-0.4, -0.2) is 19.6 Å². The number of nitrogens with one attached hydrogen (secondary N) is 1. The van der Waals surface area contributed by atoms with Crippen LogP contribution >= 0.6 is 11.6 Å². The van der Waals surface area contributed by atoms with Gasteiger partial charge in [0, 0.05) is 12.1 Å². The molecule has 0 atom stereocenters. The lowest BCUT2D eigenvalue weighted by Gasteiger charge is -2.11. The molecule has 0 saturated carbocycles. The minimum Gasteiger partial charge on any atom is -0.366 e. The molecule has 1 N–H and O–H groups in total. The molecule has 3 aromatic rings. The van der Waals surface area contributed by atoms with Gasteiger partial charge in [-0.1, -0.05) is 17.7 Å². The highest BCUT2D eigenvalue weighted by Gasteiger charge is 2.12. The van der Waals surface area contributed by atoms with E-state index in [1.807, 2.05) is 0 Å². The van der Waals surface area contributed by atoms with E-state index >= 15 is 0 Å². The molecule has 0 saturated heterocycles. The summed E-state index contributed by atoms with van der Waals surface area (Å²) in [6.07, 6.45) is 1.36. The first-order chi connectivity index (χ1) is 10.1. The van der Waals surface area contributed by atoms with Crippen molar-refractivity contribution >= 4 is 23.2 Å². The normalized spacial score (nSPS) is 11.0. The van der Waals surface area contributed by atoms with Crippen LogP contribution in [0.3, 0.4) is 0 Å². The third kappa shape index (κ3) is 2.52. The van der Waals surface area contributed by atoms with Crippen LogP contribution in [0.1, 0.15) is 11.1 Å². The minimum atomic E-state index is -0.885. The van der Waals surface area contributed by atoms with Gasteiger partial charge < -0.3 is 5.32 Å². The quantitative estimate of drug-likeness (QED) is 0.756. The molecule has 0 unspecified atom stereocenters. The molecular formula is C13H10ClF2N5. The van der Waals surface area contributed by atoms with Gasteiger partial charge in [0.15, 0.2) is 11.6 Å². The van der Waals surface area contributed by atoms with Crippen LogP contribution < -0.4 is 5.32 Å². The predicted molar refractivity (Wildman–Crippen MR) is 74.2 cm³/mol. The summed E-state index contributed by atoms with van der Waals surface area (Å²) in [6.45, 7) is 2.07. The van der Waals surface area contributed by atoms with Crippen molar-refractivity contribution in [2.24, 2.45) is 0 Å². The van der Waals surface area contributed by atoms with Gasteiger partial charge in [-0.3, -0.25) is 0 Å². The molecule has 0 radical (unpaired) electrons. The molecule has 2 aromatic heterocycles. The summed E-state index contributed by atoms with van der Waals surface area (Å²) in [5.74, 6) is -0.796. The highest BCUT2D eigenvalue weighted by atomic mass is 35.5. The Balaban J connectivity index is 1.92. The number of anilines is 1. The lowest BCUT2D eigenvalue weighted by atomic mass is 10.2. The van der Waals surface area contributed by atoms with Gasteiger partial charge in [0.25, 0.3) is 5.78 Å². The highest BCUT2D eigenvalue weighted by Crippen LogP contribution is 2.22. The van der Waals surface area contributed by atoms with Gasteiger partial charge in [-0.15, -0.1) is 0 Å². The lowest BCUT2D eigenvalue weighted by molar-refractivity contribution is 0.507. The van der Waals surface area contributed by atoms with Crippen LogP contribution in [0.25, 0.3) is 5.78 Å². The van der Waals surface area contributed by atoms with E-state index in [4.69, 9.17) is 11.6 Å². The van der Waals surface area contributed by atoms with Crippen molar-refractivity contribution in [1.82, 2.24) is 19.6 Å². The molecule has 0 amide bonds. The first-order valence-electron chi connectivity index (χ1n) is 6.10. The molecule has 21 heavy (non-hydrogen) atoms. The van der Waals surface area contributed by atoms with Gasteiger partial charge >= 0.3 is 0 Å². The monoisotopic (exact) mass is 309 g/mol. The fraction of sp³-hybridized carbons (Fsp3) is 0.154. The maximum Gasteiger partial charge on any atom is 0.255 e. The Hall–Kier alpha value is -2.28. The molecule has 1 aromatic carbocycles. The summed E-state index contributed by atoms with van der Waals surface area (Å²) in [4.78, 5) is 8.05. The standard InChI is InChI=1S/C13H10ClF2N5/c1-7-11(14)20-13-18-6-19-21(13)12(7)17-5-8-2-3-9(15)10(16)4-8/h2-4,6,17H,5H2,1H3. The molecular weight excluding hydrogens is 300 g/mol. The van der Waals surface area contributed by atoms with E-state index in [2.05, 4.69) is 20.4 Å². The topological polar surface area (TPSA) is 55.1 Å². The van der Waals surface area contributed by atoms with Crippen molar-refractivity contribution in [3.05, 3.63) is 52.4 Å². The average Bonchev–Trinajstić information content (AvgIpc) is 2.91. The molecule has 5 nitrogen and oxygen atoms in total. The Morgan fingerprint density at radius 2 is 2.10 bits per heavy atom. The van der Waals surface area contributed by atoms with E-state index in [0.29, 0.717) is 27.9 Å². The second-order valence-corrected chi connectivity index (χ2v) is 4.81. The van der Waals surface area contributed by atoms with Crippen molar-refractivity contribution in [1.29, 1.82) is 0 Å². The van der Waals surface area contributed by atoms with E-state index in [9.17, 15) is 8.78 Å². The molecule has 0 spiro atoms. The van der Waals surface area contributed by atoms with Crippen LogP contribution in [-0.2, 0) is 6.54 Å². The second-order valence-electron chi connectivity index (χ2n) is 4.45. The molecule has 0 aliphatic heterocycles. The number of aromatic nitrogens is 4. The Bertz CT molecular complexity index is 818. The van der Waals surface area contributed by atoms with E-state index in [-0.39, 0.29) is 6.54 Å². The maximum absolute atomic E-state index is 13.2. The van der Waals surface area contributed by atoms with Crippen LogP contribution in [0.5, 0.6) is 0 Å². The first-order valence-corrected chi connectivity index (χ1v) is 6.47. The van der Waals surface area contributed by atoms with Gasteiger partial charge in [0.1, 0.15) is 17.3 Å². The van der Waals surface area contributed by atoms with Gasteiger partial charge in [-0.25, -0.2) is 8.78 Å². The summed E-state index contributed by atoms with van der Waals surface area (Å²) in [7, 11) is 0. The van der Waals surface area contributed by atoms with Crippen LogP contribution in [0.15, 0.2) is 24.5 Å². The van der Waals surface area contributed by atoms with Crippen molar-refractivity contribution in [3.8, 4) is 0 Å². The number of halogens is 3. The SMILES string of the molecule is Cc1c(Cl)nc2ncnn2c1NCc1ccc(F)c(F)c1. The van der Waals surface area contributed by atoms with Gasteiger partial charge in [0.05, 0.1) is 0 Å². The number of benzene rings is 1. The number of nitrogens with zero attached hydrogens (tertiary/aromatic N) is 4. The van der Waals surface area contributed by atoms with Gasteiger partial charge in [0.2, 0.25) is 0 Å². The molecule has 0 bridgehead atoms. The largest absolute Gasteiger partial charge is 0.366 e. The summed E-state index contributed by atoms with van der Waals surface area (Å²) >= 11 is 6.04. The van der Waals surface area contributed by atoms with Crippen LogP contribution in [0.4, 0.5) is 14.6 Å². The minimum absolute atomic E-state index is 0.285. The lowest BCUT2D eigenvalue weighted by Crippen LogP contribution is -2.09. The number of rotatable bonds is 3. The zero-order chi connectivity index (χ0) is 15.0. The van der Waals surface area contributed by atoms with Gasteiger partial charge in [-0.05, 0) is 24.6 Å². The molecule has 0 aliphatic rings. The smallest absolute Gasteiger partial charge is 0.255 e. The Morgan fingerprint density at radius 1 is 1.29 bits per heavy atom. The third-order valence-electron chi connectivity index (χ3n) is 3.05. The highest BCUT2D eigenvalue weighted by molar-refractivity contribution is 6.30. The fourth-order valence-electron chi connectivity index (χ4n) is 1.94. The van der Waals surface area contributed by atoms with E-state index in [1.54, 1.807) is 6.92 Å². The summed E-state index contributed by atoms with van der Waals surface area (Å²) < 4.78 is 27.6. The number of hydrogen-bond donors (Lipinski definition) is 1. The summed E-state index contributed by atoms with van der Waals surface area (Å²) in [5, 5.41) is 7.45. The van der Waals surface area contributed by atoms with E-state index in [0.717, 1.165) is 12.1 Å². The molecule has 8 heteroatoms. The fourth-order valence-corrected chi connectivity index (χ4v) is 2.11. The van der Waals surface area contributed by atoms with Crippen molar-refractivity contribution in [3.63, 3.8) is 0 Å². The van der Waals surface area contributed by atoms with E-state index in [1.165, 1.54) is 16.9 Å². The molecule has 108 valence electrons. The summed E-state index contributed by atoms with van der Waals surface area (Å²) in [6, 6.07) is 3.73. The maximum atomic E-state index is 13.2. The molecule has 2 heterocycles. The Kier molecular flexibility index (Phi) is 3.42. The second kappa shape index (κ2) is 5.25. The first kappa shape index (κ1) is 13.7. The van der Waals surface area contributed by atoms with Crippen molar-refractivity contribution in [2.45, 2.75) is 13.5 Å². The zero-order valence-electron chi connectivity index (χ0n) is 10.9. The molecule has 0 fully saturated rings. The molecule has 0 aliphatic carbocycles. The van der Waals surface area contributed by atoms with Crippen LogP contribution in [0, 0.1) is 18.6 Å². The number of hydrogen-bond acceptors (Lipinski definition) is 4. The van der Waals surface area contributed by atoms with Crippen molar-refractivity contribution in [2.75, 3.05) is 5.32 Å². The predicted octanol–water partition coefficient (Wildman–Crippen LogP) is 2.98. The summed E-state index contributed by atoms with van der Waals surface area (Å²) in [5.41, 5.74) is 1.28.